The Balaban J connectivity index is 1.54. The van der Waals surface area contributed by atoms with Crippen molar-refractivity contribution < 1.29 is 22.7 Å². The Morgan fingerprint density at radius 3 is 2.52 bits per heavy atom. The van der Waals surface area contributed by atoms with Crippen molar-refractivity contribution >= 4 is 23.2 Å². The van der Waals surface area contributed by atoms with Crippen molar-refractivity contribution in [3.8, 4) is 11.8 Å². The quantitative estimate of drug-likeness (QED) is 0.555. The van der Waals surface area contributed by atoms with Crippen molar-refractivity contribution in [2.45, 2.75) is 12.8 Å². The van der Waals surface area contributed by atoms with Gasteiger partial charge in [0.2, 0.25) is 0 Å². The smallest absolute Gasteiger partial charge is 0.416 e. The van der Waals surface area contributed by atoms with Crippen LogP contribution < -0.4 is 10.1 Å². The van der Waals surface area contributed by atoms with E-state index in [0.717, 1.165) is 17.7 Å². The molecule has 0 fully saturated rings. The monoisotopic (exact) mass is 420 g/mol. The van der Waals surface area contributed by atoms with E-state index in [-0.39, 0.29) is 11.3 Å². The fourth-order valence-corrected chi connectivity index (χ4v) is 3.22. The number of anilines is 1. The highest BCUT2D eigenvalue weighted by Crippen LogP contribution is 2.38. The molecule has 0 saturated heterocycles. The fraction of sp³-hybridized carbons (Fsp3) is 0.0833. The fourth-order valence-electron chi connectivity index (χ4n) is 3.22. The summed E-state index contributed by atoms with van der Waals surface area (Å²) in [5, 5.41) is 11.3. The summed E-state index contributed by atoms with van der Waals surface area (Å²) >= 11 is 0. The highest BCUT2D eigenvalue weighted by Gasteiger charge is 2.33. The zero-order valence-corrected chi connectivity index (χ0v) is 16.0. The van der Waals surface area contributed by atoms with Crippen molar-refractivity contribution in [2.75, 3.05) is 5.32 Å². The molecular formula is C24H15F3N2O2. The molecule has 0 aliphatic carbocycles. The Labute approximate surface area is 176 Å². The number of fused-ring (bicyclic) bond motifs is 1. The molecule has 0 radical (unpaired) electrons. The van der Waals surface area contributed by atoms with Crippen LogP contribution >= 0.6 is 0 Å². The molecule has 1 aliphatic heterocycles. The molecule has 0 bridgehead atoms. The van der Waals surface area contributed by atoms with E-state index in [4.69, 9.17) is 10.00 Å². The molecule has 0 atom stereocenters. The van der Waals surface area contributed by atoms with Crippen LogP contribution in [0.5, 0.6) is 5.75 Å². The molecule has 0 saturated carbocycles. The zero-order valence-electron chi connectivity index (χ0n) is 16.0. The molecular weight excluding hydrogens is 405 g/mol. The Morgan fingerprint density at radius 1 is 1.03 bits per heavy atom. The van der Waals surface area contributed by atoms with Crippen molar-refractivity contribution in [1.29, 1.82) is 5.26 Å². The minimum absolute atomic E-state index is 0.138. The SMILES string of the molecule is N#Cc1ccc(COc2cccc(/C=C3/C(=O)Nc4cc(C(F)(F)F)ccc43)c2)cc1. The third-order valence-electron chi connectivity index (χ3n) is 4.79. The van der Waals surface area contributed by atoms with Crippen LogP contribution in [0.4, 0.5) is 18.9 Å². The first-order chi connectivity index (χ1) is 14.8. The van der Waals surface area contributed by atoms with Crippen LogP contribution in [0.3, 0.4) is 0 Å². The van der Waals surface area contributed by atoms with Crippen LogP contribution in [0.1, 0.15) is 27.8 Å². The third kappa shape index (κ3) is 4.43. The lowest BCUT2D eigenvalue weighted by atomic mass is 10.0. The number of alkyl halides is 3. The summed E-state index contributed by atoms with van der Waals surface area (Å²) in [5.41, 5.74) is 2.16. The minimum atomic E-state index is -4.48. The maximum Gasteiger partial charge on any atom is 0.416 e. The molecule has 4 nitrogen and oxygen atoms in total. The molecule has 0 unspecified atom stereocenters. The standard InChI is InChI=1S/C24H15F3N2O2/c25-24(26,27)18-8-9-20-21(23(30)29-22(20)12-18)11-17-2-1-3-19(10-17)31-14-16-6-4-15(13-28)5-7-16/h1-12H,14H2,(H,29,30)/b21-11+. The lowest BCUT2D eigenvalue weighted by Crippen LogP contribution is -2.06. The number of benzene rings is 3. The lowest BCUT2D eigenvalue weighted by molar-refractivity contribution is -0.137. The molecule has 1 aliphatic rings. The third-order valence-corrected chi connectivity index (χ3v) is 4.79. The number of ether oxygens (including phenoxy) is 1. The van der Waals surface area contributed by atoms with Gasteiger partial charge in [0.1, 0.15) is 12.4 Å². The maximum atomic E-state index is 12.9. The molecule has 0 aromatic heterocycles. The first-order valence-corrected chi connectivity index (χ1v) is 9.30. The second-order valence-electron chi connectivity index (χ2n) is 6.94. The number of nitrogens with one attached hydrogen (secondary N) is 1. The second kappa shape index (κ2) is 8.00. The molecule has 3 aromatic carbocycles. The van der Waals surface area contributed by atoms with Crippen molar-refractivity contribution in [3.63, 3.8) is 0 Å². The summed E-state index contributed by atoms with van der Waals surface area (Å²) in [6, 6.07) is 19.3. The Morgan fingerprint density at radius 2 is 1.81 bits per heavy atom. The van der Waals surface area contributed by atoms with E-state index in [0.29, 0.717) is 29.0 Å². The van der Waals surface area contributed by atoms with Gasteiger partial charge >= 0.3 is 6.18 Å². The highest BCUT2D eigenvalue weighted by molar-refractivity contribution is 6.34. The average Bonchev–Trinajstić information content (AvgIpc) is 3.06. The first kappa shape index (κ1) is 20.2. The Bertz CT molecular complexity index is 1220. The van der Waals surface area contributed by atoms with Crippen LogP contribution in [0.2, 0.25) is 0 Å². The van der Waals surface area contributed by atoms with Crippen LogP contribution in [0, 0.1) is 11.3 Å². The number of carbonyl (C=O) groups excluding carboxylic acids is 1. The van der Waals surface area contributed by atoms with Gasteiger partial charge in [-0.15, -0.1) is 0 Å². The van der Waals surface area contributed by atoms with E-state index in [1.165, 1.54) is 6.07 Å². The highest BCUT2D eigenvalue weighted by atomic mass is 19.4. The summed E-state index contributed by atoms with van der Waals surface area (Å²) < 4.78 is 44.5. The second-order valence-corrected chi connectivity index (χ2v) is 6.94. The van der Waals surface area contributed by atoms with E-state index in [1.54, 1.807) is 54.6 Å². The Hall–Kier alpha value is -4.05. The van der Waals surface area contributed by atoms with Gasteiger partial charge < -0.3 is 10.1 Å². The van der Waals surface area contributed by atoms with Gasteiger partial charge in [0, 0.05) is 16.8 Å². The topological polar surface area (TPSA) is 62.1 Å². The molecule has 31 heavy (non-hydrogen) atoms. The number of carbonyl (C=O) groups is 1. The summed E-state index contributed by atoms with van der Waals surface area (Å²) in [6.07, 6.45) is -2.87. The molecule has 1 N–H and O–H groups in total. The number of halogens is 3. The van der Waals surface area contributed by atoms with Crippen molar-refractivity contribution in [3.05, 3.63) is 94.5 Å². The van der Waals surface area contributed by atoms with Gasteiger partial charge in [-0.05, 0) is 53.6 Å². The molecule has 1 heterocycles. The number of nitriles is 1. The van der Waals surface area contributed by atoms with Crippen LogP contribution in [0.25, 0.3) is 11.6 Å². The van der Waals surface area contributed by atoms with Gasteiger partial charge in [-0.3, -0.25) is 4.79 Å². The molecule has 3 aromatic rings. The molecule has 154 valence electrons. The van der Waals surface area contributed by atoms with Gasteiger partial charge in [-0.25, -0.2) is 0 Å². The van der Waals surface area contributed by atoms with Crippen LogP contribution in [0.15, 0.2) is 66.7 Å². The molecule has 1 amide bonds. The van der Waals surface area contributed by atoms with Crippen LogP contribution in [-0.2, 0) is 17.6 Å². The molecule has 0 spiro atoms. The number of hydrogen-bond donors (Lipinski definition) is 1. The molecule has 7 heteroatoms. The van der Waals surface area contributed by atoms with Gasteiger partial charge in [-0.2, -0.15) is 18.4 Å². The van der Waals surface area contributed by atoms with E-state index in [2.05, 4.69) is 11.4 Å². The van der Waals surface area contributed by atoms with Crippen molar-refractivity contribution in [1.82, 2.24) is 0 Å². The zero-order chi connectivity index (χ0) is 22.0. The van der Waals surface area contributed by atoms with Gasteiger partial charge in [0.25, 0.3) is 5.91 Å². The summed E-state index contributed by atoms with van der Waals surface area (Å²) in [6.45, 7) is 0.301. The predicted octanol–water partition coefficient (Wildman–Crippen LogP) is 5.65. The predicted molar refractivity (Wildman–Crippen MR) is 110 cm³/mol. The number of rotatable bonds is 4. The summed E-state index contributed by atoms with van der Waals surface area (Å²) in [4.78, 5) is 12.3. The van der Waals surface area contributed by atoms with Gasteiger partial charge in [0.15, 0.2) is 0 Å². The summed E-state index contributed by atoms with van der Waals surface area (Å²) in [5.74, 6) is 0.114. The van der Waals surface area contributed by atoms with Crippen LogP contribution in [-0.4, -0.2) is 5.91 Å². The van der Waals surface area contributed by atoms with E-state index in [9.17, 15) is 18.0 Å². The number of nitrogens with zero attached hydrogens (tertiary/aromatic N) is 1. The van der Waals surface area contributed by atoms with Crippen molar-refractivity contribution in [2.24, 2.45) is 0 Å². The lowest BCUT2D eigenvalue weighted by Gasteiger charge is -2.08. The average molecular weight is 420 g/mol. The number of hydrogen-bond acceptors (Lipinski definition) is 3. The molecule has 4 rings (SSSR count). The van der Waals surface area contributed by atoms with E-state index < -0.39 is 17.6 Å². The number of amides is 1. The largest absolute Gasteiger partial charge is 0.489 e. The van der Waals surface area contributed by atoms with Gasteiger partial charge in [0.05, 0.1) is 17.2 Å². The first-order valence-electron chi connectivity index (χ1n) is 9.30. The van der Waals surface area contributed by atoms with Gasteiger partial charge in [-0.1, -0.05) is 30.3 Å². The van der Waals surface area contributed by atoms with E-state index >= 15 is 0 Å². The minimum Gasteiger partial charge on any atom is -0.489 e. The summed E-state index contributed by atoms with van der Waals surface area (Å²) in [7, 11) is 0. The van der Waals surface area contributed by atoms with E-state index in [1.807, 2.05) is 0 Å². The Kier molecular flexibility index (Phi) is 5.22. The normalized spacial score (nSPS) is 14.1. The maximum absolute atomic E-state index is 12.9.